The summed E-state index contributed by atoms with van der Waals surface area (Å²) < 4.78 is 53.0. The molecule has 0 aromatic heterocycles. The molecule has 5 atom stereocenters. The second kappa shape index (κ2) is 47.7. The highest BCUT2D eigenvalue weighted by atomic mass is 31.2. The molecule has 0 aliphatic carbocycles. The van der Waals surface area contributed by atoms with Gasteiger partial charge < -0.3 is 34.6 Å². The molecule has 0 radical (unpaired) electrons. The first-order valence-electron chi connectivity index (χ1n) is 25.0. The van der Waals surface area contributed by atoms with Gasteiger partial charge in [-0.3, -0.25) is 27.7 Å². The average molecular weight is 1030 g/mol. The van der Waals surface area contributed by atoms with E-state index in [9.17, 15) is 43.8 Å². The number of aliphatic hydroxyl groups is 3. The first-order chi connectivity index (χ1) is 33.8. The normalized spacial score (nSPS) is 15.9. The quantitative estimate of drug-likeness (QED) is 0.0126. The van der Waals surface area contributed by atoms with Gasteiger partial charge >= 0.3 is 27.6 Å². The summed E-state index contributed by atoms with van der Waals surface area (Å²) >= 11 is 0. The molecule has 70 heavy (non-hydrogen) atoms. The number of hydrogen-bond donors (Lipinski definition) is 5. The highest BCUT2D eigenvalue weighted by Gasteiger charge is 2.28. The van der Waals surface area contributed by atoms with E-state index in [0.29, 0.717) is 12.8 Å². The smallest absolute Gasteiger partial charge is 0.463 e. The van der Waals surface area contributed by atoms with Crippen molar-refractivity contribution < 1.29 is 71.4 Å². The van der Waals surface area contributed by atoms with Crippen LogP contribution in [0.1, 0.15) is 142 Å². The highest BCUT2D eigenvalue weighted by Crippen LogP contribution is 2.45. The van der Waals surface area contributed by atoms with Crippen LogP contribution in [0.15, 0.2) is 122 Å². The molecular weight excluding hydrogens is 939 g/mol. The summed E-state index contributed by atoms with van der Waals surface area (Å²) in [6.07, 6.45) is 54.6. The molecule has 0 aromatic rings. The Bertz CT molecular complexity index is 1710. The van der Waals surface area contributed by atoms with Crippen LogP contribution in [0.5, 0.6) is 0 Å². The summed E-state index contributed by atoms with van der Waals surface area (Å²) in [4.78, 5) is 43.8. The Morgan fingerprint density at radius 1 is 0.400 bits per heavy atom. The second-order valence-corrected chi connectivity index (χ2v) is 19.2. The third-order valence-electron chi connectivity index (χ3n) is 9.60. The number of rotatable bonds is 46. The van der Waals surface area contributed by atoms with E-state index in [0.717, 1.165) is 77.0 Å². The number of carbonyl (C=O) groups excluding carboxylic acids is 2. The molecule has 0 spiro atoms. The molecule has 0 aliphatic rings. The van der Waals surface area contributed by atoms with Crippen molar-refractivity contribution in [2.45, 2.75) is 161 Å². The Labute approximate surface area is 419 Å². The Morgan fingerprint density at radius 2 is 0.714 bits per heavy atom. The molecule has 0 aliphatic heterocycles. The van der Waals surface area contributed by atoms with Crippen molar-refractivity contribution in [2.24, 2.45) is 0 Å². The van der Waals surface area contributed by atoms with Crippen LogP contribution in [0, 0.1) is 0 Å². The van der Waals surface area contributed by atoms with Gasteiger partial charge in [0.1, 0.15) is 31.5 Å². The van der Waals surface area contributed by atoms with E-state index in [1.807, 2.05) is 79.0 Å². The van der Waals surface area contributed by atoms with Gasteiger partial charge in [-0.05, 0) is 70.6 Å². The summed E-state index contributed by atoms with van der Waals surface area (Å²) in [5.74, 6) is -1.06. The maximum atomic E-state index is 12.2. The lowest BCUT2D eigenvalue weighted by Gasteiger charge is -2.19. The second-order valence-electron chi connectivity index (χ2n) is 16.3. The lowest BCUT2D eigenvalue weighted by atomic mass is 10.1. The zero-order chi connectivity index (χ0) is 51.7. The summed E-state index contributed by atoms with van der Waals surface area (Å²) in [7, 11) is -9.61. The van der Waals surface area contributed by atoms with Gasteiger partial charge in [-0.25, -0.2) is 9.13 Å². The highest BCUT2D eigenvalue weighted by molar-refractivity contribution is 7.47. The van der Waals surface area contributed by atoms with E-state index in [1.165, 1.54) is 25.7 Å². The minimum absolute atomic E-state index is 0.136. The molecule has 5 unspecified atom stereocenters. The number of phosphoric acid groups is 2. The fourth-order valence-electron chi connectivity index (χ4n) is 5.73. The van der Waals surface area contributed by atoms with Crippen LogP contribution in [0.2, 0.25) is 0 Å². The molecule has 0 rings (SSSR count). The Morgan fingerprint density at radius 3 is 1.13 bits per heavy atom. The van der Waals surface area contributed by atoms with Crippen LogP contribution in [0.4, 0.5) is 0 Å². The molecule has 0 bridgehead atoms. The van der Waals surface area contributed by atoms with Gasteiger partial charge in [0.2, 0.25) is 0 Å². The van der Waals surface area contributed by atoms with Crippen molar-refractivity contribution in [1.29, 1.82) is 0 Å². The van der Waals surface area contributed by atoms with Crippen LogP contribution in [-0.4, -0.2) is 95.0 Å². The number of hydrogen-bond acceptors (Lipinski definition) is 13. The minimum Gasteiger partial charge on any atom is -0.463 e. The average Bonchev–Trinajstić information content (AvgIpc) is 3.34. The number of ether oxygens (including phenoxy) is 2. The van der Waals surface area contributed by atoms with Crippen molar-refractivity contribution in [1.82, 2.24) is 0 Å². The fourth-order valence-corrected chi connectivity index (χ4v) is 7.32. The van der Waals surface area contributed by atoms with Gasteiger partial charge in [0.15, 0.2) is 0 Å². The van der Waals surface area contributed by atoms with Gasteiger partial charge in [-0.15, -0.1) is 0 Å². The van der Waals surface area contributed by atoms with Crippen molar-refractivity contribution in [3.63, 3.8) is 0 Å². The molecule has 0 amide bonds. The molecule has 0 fully saturated rings. The maximum absolute atomic E-state index is 12.2. The van der Waals surface area contributed by atoms with Crippen molar-refractivity contribution >= 4 is 27.6 Å². The van der Waals surface area contributed by atoms with Crippen molar-refractivity contribution in [2.75, 3.05) is 39.6 Å². The van der Waals surface area contributed by atoms with Gasteiger partial charge in [0.25, 0.3) is 0 Å². The SMILES string of the molecule is CC/C=C/C=C/C=C\C=C\C=C\C=C\C=C\CCCCCC(=O)OCC(O)COP(=O)(O)OCC(O)COP(=O)(O)OCC(O)COC(=O)CCCCCCCC/C=C\C/C=C\C/C=C\CCCCC. The van der Waals surface area contributed by atoms with E-state index < -0.39 is 85.5 Å². The predicted molar refractivity (Wildman–Crippen MR) is 278 cm³/mol. The van der Waals surface area contributed by atoms with Crippen molar-refractivity contribution in [3.05, 3.63) is 122 Å². The number of esters is 2. The standard InChI is InChI=1S/C53H86O15P2/c1-3-5-7-9-11-13-15-17-19-21-23-25-27-29-31-33-35-37-39-41-52(57)63-43-49(54)45-65-69(59,60)67-47-51(56)48-68-70(61,62)66-46-50(55)44-64-53(58)42-40-38-36-34-32-30-28-26-24-22-20-18-16-14-12-10-8-6-4-2/h5,7,9,11-15,17-21,23-27,29,31,49-51,54-56H,3-4,6,8,10,16,22,28,30,32-48H2,1-2H3,(H,59,60)(H,61,62)/b7-5+,11-9+,14-12-,15-13-,19-17+,20-18-,23-21+,26-24-,27-25+,31-29+. The Kier molecular flexibility index (Phi) is 45.3. The van der Waals surface area contributed by atoms with E-state index >= 15 is 0 Å². The van der Waals surface area contributed by atoms with E-state index in [-0.39, 0.29) is 12.8 Å². The van der Waals surface area contributed by atoms with Crippen molar-refractivity contribution in [3.8, 4) is 0 Å². The van der Waals surface area contributed by atoms with Gasteiger partial charge in [-0.1, -0.05) is 180 Å². The number of unbranched alkanes of at least 4 members (excludes halogenated alkanes) is 12. The number of carbonyl (C=O) groups is 2. The van der Waals surface area contributed by atoms with Crippen LogP contribution in [-0.2, 0) is 46.3 Å². The first kappa shape index (κ1) is 66.4. The largest absolute Gasteiger partial charge is 0.472 e. The summed E-state index contributed by atoms with van der Waals surface area (Å²) in [6, 6.07) is 0. The van der Waals surface area contributed by atoms with Gasteiger partial charge in [0.05, 0.1) is 26.4 Å². The molecule has 5 N–H and O–H groups in total. The topological polar surface area (TPSA) is 225 Å². The number of aliphatic hydroxyl groups excluding tert-OH is 3. The van der Waals surface area contributed by atoms with Gasteiger partial charge in [-0.2, -0.15) is 0 Å². The summed E-state index contributed by atoms with van der Waals surface area (Å²) in [5, 5.41) is 30.1. The van der Waals surface area contributed by atoms with E-state index in [1.54, 1.807) is 0 Å². The van der Waals surface area contributed by atoms with E-state index in [2.05, 4.69) is 74.5 Å². The zero-order valence-electron chi connectivity index (χ0n) is 41.9. The first-order valence-corrected chi connectivity index (χ1v) is 28.0. The number of phosphoric ester groups is 2. The van der Waals surface area contributed by atoms with Crippen LogP contribution < -0.4 is 0 Å². The van der Waals surface area contributed by atoms with Crippen LogP contribution in [0.25, 0.3) is 0 Å². The summed E-state index contributed by atoms with van der Waals surface area (Å²) in [6.45, 7) is 0.143. The molecular formula is C53H86O15P2. The molecule has 0 saturated heterocycles. The maximum Gasteiger partial charge on any atom is 0.472 e. The van der Waals surface area contributed by atoms with Crippen LogP contribution in [0.3, 0.4) is 0 Å². The third-order valence-corrected chi connectivity index (χ3v) is 11.5. The van der Waals surface area contributed by atoms with E-state index in [4.69, 9.17) is 9.47 Å². The zero-order valence-corrected chi connectivity index (χ0v) is 43.7. The molecule has 398 valence electrons. The molecule has 0 aromatic carbocycles. The molecule has 0 heterocycles. The Balaban J connectivity index is 3.98. The molecule has 15 nitrogen and oxygen atoms in total. The molecule has 0 saturated carbocycles. The van der Waals surface area contributed by atoms with Gasteiger partial charge in [0, 0.05) is 12.8 Å². The third kappa shape index (κ3) is 49.4. The predicted octanol–water partition coefficient (Wildman–Crippen LogP) is 11.8. The fraction of sp³-hybridized carbons (Fsp3) is 0.585. The lowest BCUT2D eigenvalue weighted by molar-refractivity contribution is -0.148. The molecule has 17 heteroatoms. The number of allylic oxidation sites excluding steroid dienone is 20. The van der Waals surface area contributed by atoms with Crippen LogP contribution >= 0.6 is 15.6 Å². The Hall–Kier alpha value is -3.56. The minimum atomic E-state index is -4.81. The summed E-state index contributed by atoms with van der Waals surface area (Å²) in [5.41, 5.74) is 0. The lowest BCUT2D eigenvalue weighted by Crippen LogP contribution is -2.25. The monoisotopic (exact) mass is 1020 g/mol.